The summed E-state index contributed by atoms with van der Waals surface area (Å²) in [6.07, 6.45) is 2.63. The van der Waals surface area contributed by atoms with E-state index in [0.717, 1.165) is 4.47 Å². The first-order valence-corrected chi connectivity index (χ1v) is 7.80. The lowest BCUT2D eigenvalue weighted by molar-refractivity contribution is -0.111. The Labute approximate surface area is 147 Å². The van der Waals surface area contributed by atoms with Gasteiger partial charge in [-0.25, -0.2) is 9.18 Å². The molecule has 0 spiro atoms. The molecule has 7 heteroatoms. The van der Waals surface area contributed by atoms with E-state index in [9.17, 15) is 14.0 Å². The molecule has 2 aromatic carbocycles. The van der Waals surface area contributed by atoms with E-state index in [-0.39, 0.29) is 6.03 Å². The fourth-order valence-electron chi connectivity index (χ4n) is 1.86. The van der Waals surface area contributed by atoms with Crippen LogP contribution >= 0.6 is 15.9 Å². The van der Waals surface area contributed by atoms with Gasteiger partial charge in [-0.2, -0.15) is 0 Å². The Balaban J connectivity index is 2.04. The minimum atomic E-state index is -0.418. The molecule has 0 aromatic heterocycles. The number of urea groups is 1. The number of benzene rings is 2. The van der Waals surface area contributed by atoms with Gasteiger partial charge in [-0.15, -0.1) is 0 Å². The van der Waals surface area contributed by atoms with Crippen LogP contribution in [0.3, 0.4) is 0 Å². The van der Waals surface area contributed by atoms with Gasteiger partial charge in [0.1, 0.15) is 5.82 Å². The summed E-state index contributed by atoms with van der Waals surface area (Å²) in [7, 11) is 1.51. The summed E-state index contributed by atoms with van der Waals surface area (Å²) in [6.45, 7) is 0. The quantitative estimate of drug-likeness (QED) is 0.689. The van der Waals surface area contributed by atoms with Crippen LogP contribution in [0.2, 0.25) is 0 Å². The van der Waals surface area contributed by atoms with Gasteiger partial charge in [-0.3, -0.25) is 4.79 Å². The molecule has 124 valence electrons. The van der Waals surface area contributed by atoms with Crippen molar-refractivity contribution in [1.82, 2.24) is 5.32 Å². The number of amides is 3. The Bertz CT molecular complexity index is 793. The predicted molar refractivity (Wildman–Crippen MR) is 96.3 cm³/mol. The molecule has 0 bridgehead atoms. The Morgan fingerprint density at radius 1 is 1.08 bits per heavy atom. The molecule has 3 N–H and O–H groups in total. The first-order chi connectivity index (χ1) is 11.5. The zero-order chi connectivity index (χ0) is 17.5. The second kappa shape index (κ2) is 8.26. The van der Waals surface area contributed by atoms with Crippen LogP contribution in [-0.4, -0.2) is 19.0 Å². The zero-order valence-electron chi connectivity index (χ0n) is 12.8. The molecule has 2 aromatic rings. The summed E-state index contributed by atoms with van der Waals surface area (Å²) < 4.78 is 14.3. The largest absolute Gasteiger partial charge is 0.341 e. The number of halogens is 2. The van der Waals surface area contributed by atoms with Crippen LogP contribution in [0.25, 0.3) is 6.08 Å². The number of anilines is 2. The van der Waals surface area contributed by atoms with Crippen LogP contribution in [0.4, 0.5) is 20.6 Å². The zero-order valence-corrected chi connectivity index (χ0v) is 14.4. The summed E-state index contributed by atoms with van der Waals surface area (Å²) in [5, 5.41) is 7.68. The van der Waals surface area contributed by atoms with Crippen molar-refractivity contribution in [2.24, 2.45) is 0 Å². The second-order valence-corrected chi connectivity index (χ2v) is 5.69. The van der Waals surface area contributed by atoms with Gasteiger partial charge >= 0.3 is 6.03 Å². The van der Waals surface area contributed by atoms with Crippen LogP contribution in [0.5, 0.6) is 0 Å². The number of nitrogens with one attached hydrogen (secondary N) is 3. The van der Waals surface area contributed by atoms with E-state index in [2.05, 4.69) is 31.9 Å². The van der Waals surface area contributed by atoms with Gasteiger partial charge in [0.2, 0.25) is 5.91 Å². The fourth-order valence-corrected chi connectivity index (χ4v) is 2.24. The van der Waals surface area contributed by atoms with Crippen molar-refractivity contribution in [2.75, 3.05) is 17.7 Å². The Morgan fingerprint density at radius 3 is 2.50 bits per heavy atom. The van der Waals surface area contributed by atoms with E-state index >= 15 is 0 Å². The molecule has 2 rings (SSSR count). The van der Waals surface area contributed by atoms with Crippen LogP contribution in [-0.2, 0) is 4.79 Å². The summed E-state index contributed by atoms with van der Waals surface area (Å²) in [4.78, 5) is 23.2. The van der Waals surface area contributed by atoms with Gasteiger partial charge in [0, 0.05) is 34.5 Å². The minimum Gasteiger partial charge on any atom is -0.341 e. The van der Waals surface area contributed by atoms with Crippen molar-refractivity contribution < 1.29 is 14.0 Å². The fraction of sp³-hybridized carbons (Fsp3) is 0.0588. The Hall–Kier alpha value is -2.67. The molecule has 5 nitrogen and oxygen atoms in total. The van der Waals surface area contributed by atoms with Crippen molar-refractivity contribution in [2.45, 2.75) is 0 Å². The molecule has 0 aliphatic heterocycles. The molecular formula is C17H15BrFN3O2. The molecule has 0 saturated carbocycles. The molecule has 0 atom stereocenters. The standard InChI is InChI=1S/C17H15BrFN3O2/c1-20-17(24)22-14-4-2-3-13(10-14)21-16(23)8-5-11-9-12(18)6-7-15(11)19/h2-10H,1H3,(H,21,23)(H2,20,22,24)/b8-5+. The third kappa shape index (κ3) is 5.20. The first kappa shape index (κ1) is 17.7. The molecule has 0 heterocycles. The molecular weight excluding hydrogens is 377 g/mol. The lowest BCUT2D eigenvalue weighted by Gasteiger charge is -2.07. The average Bonchev–Trinajstić information content (AvgIpc) is 2.56. The average molecular weight is 392 g/mol. The van der Waals surface area contributed by atoms with Gasteiger partial charge < -0.3 is 16.0 Å². The third-order valence-corrected chi connectivity index (χ3v) is 3.48. The normalized spacial score (nSPS) is 10.5. The van der Waals surface area contributed by atoms with E-state index in [0.29, 0.717) is 16.9 Å². The van der Waals surface area contributed by atoms with Gasteiger partial charge in [-0.05, 0) is 42.5 Å². The molecule has 0 saturated heterocycles. The number of carbonyl (C=O) groups excluding carboxylic acids is 2. The number of hydrogen-bond acceptors (Lipinski definition) is 2. The van der Waals surface area contributed by atoms with Crippen LogP contribution in [0.15, 0.2) is 53.0 Å². The first-order valence-electron chi connectivity index (χ1n) is 7.01. The van der Waals surface area contributed by atoms with Crippen LogP contribution in [0, 0.1) is 5.82 Å². The molecule has 0 radical (unpaired) electrons. The van der Waals surface area contributed by atoms with Crippen molar-refractivity contribution >= 4 is 45.3 Å². The molecule has 0 aliphatic carbocycles. The molecule has 3 amide bonds. The van der Waals surface area contributed by atoms with E-state index in [1.54, 1.807) is 36.4 Å². The van der Waals surface area contributed by atoms with Gasteiger partial charge in [0.15, 0.2) is 0 Å². The van der Waals surface area contributed by atoms with Gasteiger partial charge in [0.25, 0.3) is 0 Å². The maximum atomic E-state index is 13.6. The topological polar surface area (TPSA) is 70.2 Å². The summed E-state index contributed by atoms with van der Waals surface area (Å²) >= 11 is 3.25. The second-order valence-electron chi connectivity index (χ2n) is 4.77. The SMILES string of the molecule is CNC(=O)Nc1cccc(NC(=O)/C=C/c2cc(Br)ccc2F)c1. The van der Waals surface area contributed by atoms with E-state index in [4.69, 9.17) is 0 Å². The lowest BCUT2D eigenvalue weighted by atomic mass is 10.2. The highest BCUT2D eigenvalue weighted by atomic mass is 79.9. The highest BCUT2D eigenvalue weighted by molar-refractivity contribution is 9.10. The monoisotopic (exact) mass is 391 g/mol. The predicted octanol–water partition coefficient (Wildman–Crippen LogP) is 3.99. The van der Waals surface area contributed by atoms with E-state index < -0.39 is 11.7 Å². The lowest BCUT2D eigenvalue weighted by Crippen LogP contribution is -2.24. The smallest absolute Gasteiger partial charge is 0.318 e. The Morgan fingerprint density at radius 2 is 1.79 bits per heavy atom. The van der Waals surface area contributed by atoms with Crippen molar-refractivity contribution in [3.05, 3.63) is 64.4 Å². The summed E-state index contributed by atoms with van der Waals surface area (Å²) in [5.41, 5.74) is 1.34. The number of hydrogen-bond donors (Lipinski definition) is 3. The van der Waals surface area contributed by atoms with Gasteiger partial charge in [-0.1, -0.05) is 22.0 Å². The summed E-state index contributed by atoms with van der Waals surface area (Å²) in [5.74, 6) is -0.828. The maximum absolute atomic E-state index is 13.6. The highest BCUT2D eigenvalue weighted by Gasteiger charge is 2.03. The minimum absolute atomic E-state index is 0.301. The molecule has 0 fully saturated rings. The van der Waals surface area contributed by atoms with E-state index in [1.807, 2.05) is 0 Å². The molecule has 0 aliphatic rings. The third-order valence-electron chi connectivity index (χ3n) is 2.99. The highest BCUT2D eigenvalue weighted by Crippen LogP contribution is 2.17. The van der Waals surface area contributed by atoms with Gasteiger partial charge in [0.05, 0.1) is 0 Å². The molecule has 0 unspecified atom stereocenters. The van der Waals surface area contributed by atoms with Crippen molar-refractivity contribution in [1.29, 1.82) is 0 Å². The molecule has 24 heavy (non-hydrogen) atoms. The van der Waals surface area contributed by atoms with E-state index in [1.165, 1.54) is 25.3 Å². The Kier molecular flexibility index (Phi) is 6.08. The number of carbonyl (C=O) groups is 2. The number of rotatable bonds is 4. The maximum Gasteiger partial charge on any atom is 0.318 e. The van der Waals surface area contributed by atoms with Crippen LogP contribution < -0.4 is 16.0 Å². The summed E-state index contributed by atoms with van der Waals surface area (Å²) in [6, 6.07) is 10.8. The van der Waals surface area contributed by atoms with Crippen LogP contribution in [0.1, 0.15) is 5.56 Å². The van der Waals surface area contributed by atoms with Crippen molar-refractivity contribution in [3.8, 4) is 0 Å². The van der Waals surface area contributed by atoms with Crippen molar-refractivity contribution in [3.63, 3.8) is 0 Å².